The summed E-state index contributed by atoms with van der Waals surface area (Å²) in [6.07, 6.45) is 1.80. The molecule has 0 aliphatic rings. The maximum Gasteiger partial charge on any atom is 0.303 e. The SMILES string of the molecule is CSc1ccc(OC(C)C(=O)NC(C)CCC(=O)O)cc1. The van der Waals surface area contributed by atoms with Gasteiger partial charge in [0.2, 0.25) is 0 Å². The van der Waals surface area contributed by atoms with Crippen LogP contribution in [0, 0.1) is 0 Å². The first-order chi connectivity index (χ1) is 9.92. The molecule has 1 aromatic carbocycles. The number of hydrogen-bond acceptors (Lipinski definition) is 4. The van der Waals surface area contributed by atoms with E-state index in [-0.39, 0.29) is 18.4 Å². The largest absolute Gasteiger partial charge is 0.481 e. The van der Waals surface area contributed by atoms with E-state index in [0.717, 1.165) is 4.90 Å². The highest BCUT2D eigenvalue weighted by Gasteiger charge is 2.17. The Labute approximate surface area is 129 Å². The molecule has 2 N–H and O–H groups in total. The number of carbonyl (C=O) groups excluding carboxylic acids is 1. The van der Waals surface area contributed by atoms with E-state index < -0.39 is 12.1 Å². The van der Waals surface area contributed by atoms with E-state index in [1.165, 1.54) is 0 Å². The predicted octanol–water partition coefficient (Wildman–Crippen LogP) is 2.55. The number of thioether (sulfide) groups is 1. The van der Waals surface area contributed by atoms with E-state index in [1.54, 1.807) is 25.6 Å². The normalized spacial score (nSPS) is 13.3. The lowest BCUT2D eigenvalue weighted by Crippen LogP contribution is -2.41. The van der Waals surface area contributed by atoms with Crippen LogP contribution in [0.3, 0.4) is 0 Å². The molecular formula is C15H21NO4S. The molecule has 1 amide bonds. The lowest BCUT2D eigenvalue weighted by Gasteiger charge is -2.18. The summed E-state index contributed by atoms with van der Waals surface area (Å²) in [5.74, 6) is -0.482. The molecule has 1 rings (SSSR count). The standard InChI is InChI=1S/C15H21NO4S/c1-10(4-9-14(17)18)16-15(19)11(2)20-12-5-7-13(21-3)8-6-12/h5-8,10-11H,4,9H2,1-3H3,(H,16,19)(H,17,18). The summed E-state index contributed by atoms with van der Waals surface area (Å²) in [6, 6.07) is 7.31. The van der Waals surface area contributed by atoms with Gasteiger partial charge in [-0.05, 0) is 50.8 Å². The minimum atomic E-state index is -0.866. The van der Waals surface area contributed by atoms with Gasteiger partial charge >= 0.3 is 5.97 Å². The Morgan fingerprint density at radius 1 is 1.29 bits per heavy atom. The minimum Gasteiger partial charge on any atom is -0.481 e. The quantitative estimate of drug-likeness (QED) is 0.722. The third-order valence-corrected chi connectivity index (χ3v) is 3.66. The zero-order valence-corrected chi connectivity index (χ0v) is 13.3. The van der Waals surface area contributed by atoms with Crippen molar-refractivity contribution >= 4 is 23.6 Å². The van der Waals surface area contributed by atoms with Crippen LogP contribution in [0.2, 0.25) is 0 Å². The minimum absolute atomic E-state index is 0.0346. The summed E-state index contributed by atoms with van der Waals surface area (Å²) in [6.45, 7) is 3.45. The molecule has 0 aliphatic heterocycles. The monoisotopic (exact) mass is 311 g/mol. The van der Waals surface area contributed by atoms with E-state index in [1.807, 2.05) is 30.5 Å². The van der Waals surface area contributed by atoms with Crippen molar-refractivity contribution in [3.63, 3.8) is 0 Å². The molecule has 0 bridgehead atoms. The number of carbonyl (C=O) groups is 2. The van der Waals surface area contributed by atoms with Gasteiger partial charge in [-0.25, -0.2) is 0 Å². The highest BCUT2D eigenvalue weighted by molar-refractivity contribution is 7.98. The number of amides is 1. The van der Waals surface area contributed by atoms with Crippen LogP contribution in [0.4, 0.5) is 0 Å². The average molecular weight is 311 g/mol. The first-order valence-electron chi connectivity index (χ1n) is 6.75. The van der Waals surface area contributed by atoms with Crippen molar-refractivity contribution < 1.29 is 19.4 Å². The summed E-state index contributed by atoms with van der Waals surface area (Å²) >= 11 is 1.64. The summed E-state index contributed by atoms with van der Waals surface area (Å²) < 4.78 is 5.56. The number of nitrogens with one attached hydrogen (secondary N) is 1. The van der Waals surface area contributed by atoms with Gasteiger partial charge in [0.05, 0.1) is 0 Å². The molecule has 2 atom stereocenters. The molecule has 0 heterocycles. The van der Waals surface area contributed by atoms with Crippen LogP contribution in [0.25, 0.3) is 0 Å². The Bertz CT molecular complexity index is 475. The smallest absolute Gasteiger partial charge is 0.303 e. The molecule has 2 unspecified atom stereocenters. The van der Waals surface area contributed by atoms with Crippen molar-refractivity contribution in [3.8, 4) is 5.75 Å². The van der Waals surface area contributed by atoms with Crippen LogP contribution in [-0.4, -0.2) is 35.4 Å². The van der Waals surface area contributed by atoms with Crippen LogP contribution in [0.5, 0.6) is 5.75 Å². The van der Waals surface area contributed by atoms with E-state index in [2.05, 4.69) is 5.32 Å². The van der Waals surface area contributed by atoms with Crippen LogP contribution in [-0.2, 0) is 9.59 Å². The topological polar surface area (TPSA) is 75.6 Å². The number of ether oxygens (including phenoxy) is 1. The number of aliphatic carboxylic acids is 1. The van der Waals surface area contributed by atoms with Crippen LogP contribution in [0.15, 0.2) is 29.2 Å². The second-order valence-corrected chi connectivity index (χ2v) is 5.66. The fourth-order valence-electron chi connectivity index (χ4n) is 1.68. The molecule has 0 saturated carbocycles. The Morgan fingerprint density at radius 2 is 1.90 bits per heavy atom. The van der Waals surface area contributed by atoms with Crippen LogP contribution < -0.4 is 10.1 Å². The number of benzene rings is 1. The van der Waals surface area contributed by atoms with E-state index in [0.29, 0.717) is 12.2 Å². The lowest BCUT2D eigenvalue weighted by molar-refractivity contribution is -0.137. The van der Waals surface area contributed by atoms with Gasteiger partial charge in [0, 0.05) is 17.4 Å². The Kier molecular flexibility index (Phi) is 7.08. The summed E-state index contributed by atoms with van der Waals surface area (Å²) in [5.41, 5.74) is 0. The zero-order chi connectivity index (χ0) is 15.8. The van der Waals surface area contributed by atoms with Gasteiger partial charge in [0.25, 0.3) is 5.91 Å². The molecule has 0 aliphatic carbocycles. The molecular weight excluding hydrogens is 290 g/mol. The molecule has 0 spiro atoms. The van der Waals surface area contributed by atoms with Gasteiger partial charge in [-0.2, -0.15) is 0 Å². The first kappa shape index (κ1) is 17.4. The summed E-state index contributed by atoms with van der Waals surface area (Å²) in [4.78, 5) is 23.5. The van der Waals surface area contributed by atoms with E-state index in [4.69, 9.17) is 9.84 Å². The zero-order valence-electron chi connectivity index (χ0n) is 12.5. The van der Waals surface area contributed by atoms with Gasteiger partial charge in [-0.15, -0.1) is 11.8 Å². The number of rotatable bonds is 8. The van der Waals surface area contributed by atoms with E-state index >= 15 is 0 Å². The molecule has 0 aromatic heterocycles. The van der Waals surface area contributed by atoms with Crippen LogP contribution >= 0.6 is 11.8 Å². The van der Waals surface area contributed by atoms with Crippen LogP contribution in [0.1, 0.15) is 26.7 Å². The fraction of sp³-hybridized carbons (Fsp3) is 0.467. The van der Waals surface area contributed by atoms with E-state index in [9.17, 15) is 9.59 Å². The Morgan fingerprint density at radius 3 is 2.43 bits per heavy atom. The van der Waals surface area contributed by atoms with Gasteiger partial charge in [0.15, 0.2) is 6.10 Å². The average Bonchev–Trinajstić information content (AvgIpc) is 2.45. The van der Waals surface area contributed by atoms with Gasteiger partial charge in [-0.3, -0.25) is 9.59 Å². The highest BCUT2D eigenvalue weighted by atomic mass is 32.2. The maximum atomic E-state index is 11.9. The third kappa shape index (κ3) is 6.53. The first-order valence-corrected chi connectivity index (χ1v) is 7.97. The van der Waals surface area contributed by atoms with Gasteiger partial charge in [-0.1, -0.05) is 0 Å². The lowest BCUT2D eigenvalue weighted by atomic mass is 10.2. The maximum absolute atomic E-state index is 11.9. The molecule has 0 radical (unpaired) electrons. The summed E-state index contributed by atoms with van der Waals surface area (Å²) in [5, 5.41) is 11.4. The number of hydrogen-bond donors (Lipinski definition) is 2. The molecule has 5 nitrogen and oxygen atoms in total. The van der Waals surface area contributed by atoms with Crippen molar-refractivity contribution in [3.05, 3.63) is 24.3 Å². The Hall–Kier alpha value is -1.69. The highest BCUT2D eigenvalue weighted by Crippen LogP contribution is 2.19. The number of carboxylic acids is 1. The fourth-order valence-corrected chi connectivity index (χ4v) is 2.09. The van der Waals surface area contributed by atoms with Gasteiger partial charge in [0.1, 0.15) is 5.75 Å². The van der Waals surface area contributed by atoms with Crippen molar-refractivity contribution in [1.29, 1.82) is 0 Å². The van der Waals surface area contributed by atoms with Crippen molar-refractivity contribution in [2.24, 2.45) is 0 Å². The molecule has 0 saturated heterocycles. The Balaban J connectivity index is 2.44. The summed E-state index contributed by atoms with van der Waals surface area (Å²) in [7, 11) is 0. The molecule has 1 aromatic rings. The van der Waals surface area contributed by atoms with Crippen molar-refractivity contribution in [2.45, 2.75) is 43.7 Å². The second-order valence-electron chi connectivity index (χ2n) is 4.78. The second kappa shape index (κ2) is 8.56. The third-order valence-electron chi connectivity index (χ3n) is 2.92. The molecule has 21 heavy (non-hydrogen) atoms. The molecule has 6 heteroatoms. The van der Waals surface area contributed by atoms with Crippen molar-refractivity contribution in [2.75, 3.05) is 6.26 Å². The number of carboxylic acid groups (broad SMARTS) is 1. The van der Waals surface area contributed by atoms with Crippen molar-refractivity contribution in [1.82, 2.24) is 5.32 Å². The molecule has 116 valence electrons. The molecule has 0 fully saturated rings. The predicted molar refractivity (Wildman–Crippen MR) is 82.8 cm³/mol. The van der Waals surface area contributed by atoms with Gasteiger partial charge < -0.3 is 15.2 Å².